The Bertz CT molecular complexity index is 51.6. The summed E-state index contributed by atoms with van der Waals surface area (Å²) in [5, 5.41) is 0. The van der Waals surface area contributed by atoms with Gasteiger partial charge in [0.15, 0.2) is 0 Å². The van der Waals surface area contributed by atoms with E-state index < -0.39 is 0 Å². The molecule has 0 radical (unpaired) electrons. The molecule has 0 rings (SSSR count). The predicted octanol–water partition coefficient (Wildman–Crippen LogP) is 1.36. The first-order valence-electron chi connectivity index (χ1n) is 3.68. The zero-order valence-corrected chi connectivity index (χ0v) is 7.40. The maximum atomic E-state index is 5.18. The Balaban J connectivity index is 2.65. The van der Waals surface area contributed by atoms with Crippen LogP contribution < -0.4 is 0 Å². The van der Waals surface area contributed by atoms with Gasteiger partial charge in [-0.25, -0.2) is 0 Å². The van der Waals surface area contributed by atoms with E-state index >= 15 is 0 Å². The Kier molecular flexibility index (Phi) is 9.52. The molecule has 0 aliphatic heterocycles. The highest BCUT2D eigenvalue weighted by Crippen LogP contribution is 1.82. The molecule has 0 aliphatic carbocycles. The molecule has 0 saturated carbocycles. The topological polar surface area (TPSA) is 18.5 Å². The molecule has 62 valence electrons. The second-order valence-corrected chi connectivity index (χ2v) is 2.40. The Hall–Kier alpha value is 0.270. The third-order valence-electron chi connectivity index (χ3n) is 0.956. The average Bonchev–Trinajstić information content (AvgIpc) is 1.97. The minimum Gasteiger partial charge on any atom is -0.379 e. The summed E-state index contributed by atoms with van der Waals surface area (Å²) in [7, 11) is 0. The van der Waals surface area contributed by atoms with Crippen molar-refractivity contribution in [2.45, 2.75) is 13.3 Å². The third-order valence-corrected chi connectivity index (χ3v) is 1.14. The molecule has 0 fully saturated rings. The van der Waals surface area contributed by atoms with Crippen LogP contribution in [0.2, 0.25) is 0 Å². The molecular formula is C7H16O2S. The fourth-order valence-electron chi connectivity index (χ4n) is 0.531. The summed E-state index contributed by atoms with van der Waals surface area (Å²) >= 11 is 4.00. The zero-order valence-electron chi connectivity index (χ0n) is 6.51. The molecular weight excluding hydrogens is 148 g/mol. The Morgan fingerprint density at radius 2 is 1.60 bits per heavy atom. The van der Waals surface area contributed by atoms with Crippen molar-refractivity contribution in [3.8, 4) is 0 Å². The number of hydrogen-bond acceptors (Lipinski definition) is 3. The lowest BCUT2D eigenvalue weighted by Crippen LogP contribution is -2.06. The van der Waals surface area contributed by atoms with Gasteiger partial charge in [-0.1, -0.05) is 6.92 Å². The van der Waals surface area contributed by atoms with E-state index in [4.69, 9.17) is 9.47 Å². The predicted molar refractivity (Wildman–Crippen MR) is 45.8 cm³/mol. The zero-order chi connectivity index (χ0) is 7.66. The standard InChI is InChI=1S/C7H16O2S/c1-2-3-8-4-5-9-6-7-10/h10H,2-7H2,1H3. The number of thiol groups is 1. The normalized spacial score (nSPS) is 10.2. The summed E-state index contributed by atoms with van der Waals surface area (Å²) in [4.78, 5) is 0. The van der Waals surface area contributed by atoms with Crippen molar-refractivity contribution in [1.29, 1.82) is 0 Å². The highest BCUT2D eigenvalue weighted by Gasteiger charge is 1.86. The van der Waals surface area contributed by atoms with Crippen LogP contribution in [0.3, 0.4) is 0 Å². The lowest BCUT2D eigenvalue weighted by atomic mass is 10.5. The molecule has 2 nitrogen and oxygen atoms in total. The minimum atomic E-state index is 0.695. The molecule has 0 aromatic heterocycles. The van der Waals surface area contributed by atoms with Gasteiger partial charge in [-0.05, 0) is 6.42 Å². The Morgan fingerprint density at radius 1 is 1.00 bits per heavy atom. The molecule has 0 atom stereocenters. The fraction of sp³-hybridized carbons (Fsp3) is 1.00. The molecule has 0 aromatic rings. The molecule has 0 N–H and O–H groups in total. The van der Waals surface area contributed by atoms with Gasteiger partial charge in [0.25, 0.3) is 0 Å². The molecule has 0 heterocycles. The molecule has 0 aromatic carbocycles. The van der Waals surface area contributed by atoms with E-state index in [0.29, 0.717) is 13.2 Å². The lowest BCUT2D eigenvalue weighted by molar-refractivity contribution is 0.0542. The highest BCUT2D eigenvalue weighted by molar-refractivity contribution is 7.80. The first-order valence-corrected chi connectivity index (χ1v) is 4.31. The molecule has 3 heteroatoms. The van der Waals surface area contributed by atoms with Gasteiger partial charge >= 0.3 is 0 Å². The van der Waals surface area contributed by atoms with Gasteiger partial charge in [-0.15, -0.1) is 0 Å². The van der Waals surface area contributed by atoms with Gasteiger partial charge in [0.2, 0.25) is 0 Å². The molecule has 0 amide bonds. The number of rotatable bonds is 7. The summed E-state index contributed by atoms with van der Waals surface area (Å²) in [6, 6.07) is 0. The second kappa shape index (κ2) is 9.27. The molecule has 0 saturated heterocycles. The van der Waals surface area contributed by atoms with Gasteiger partial charge in [-0.3, -0.25) is 0 Å². The molecule has 0 bridgehead atoms. The van der Waals surface area contributed by atoms with Crippen LogP contribution in [0.5, 0.6) is 0 Å². The van der Waals surface area contributed by atoms with Crippen LogP contribution in [0.1, 0.15) is 13.3 Å². The van der Waals surface area contributed by atoms with Crippen LogP contribution in [0.25, 0.3) is 0 Å². The Morgan fingerprint density at radius 3 is 2.10 bits per heavy atom. The van der Waals surface area contributed by atoms with Crippen molar-refractivity contribution in [3.63, 3.8) is 0 Å². The molecule has 0 unspecified atom stereocenters. The van der Waals surface area contributed by atoms with Crippen LogP contribution in [0, 0.1) is 0 Å². The molecule has 0 aliphatic rings. The monoisotopic (exact) mass is 164 g/mol. The Labute approximate surface area is 68.3 Å². The van der Waals surface area contributed by atoms with Gasteiger partial charge in [-0.2, -0.15) is 12.6 Å². The van der Waals surface area contributed by atoms with E-state index in [2.05, 4.69) is 19.6 Å². The summed E-state index contributed by atoms with van der Waals surface area (Å²) in [5.41, 5.74) is 0. The van der Waals surface area contributed by atoms with E-state index in [1.165, 1.54) is 0 Å². The highest BCUT2D eigenvalue weighted by atomic mass is 32.1. The average molecular weight is 164 g/mol. The SMILES string of the molecule is CCCOCCOCCS. The van der Waals surface area contributed by atoms with Crippen molar-refractivity contribution in [1.82, 2.24) is 0 Å². The summed E-state index contributed by atoms with van der Waals surface area (Å²) in [6.07, 6.45) is 1.08. The summed E-state index contributed by atoms with van der Waals surface area (Å²) in [6.45, 7) is 5.06. The molecule has 10 heavy (non-hydrogen) atoms. The quantitative estimate of drug-likeness (QED) is 0.452. The molecule has 0 spiro atoms. The van der Waals surface area contributed by atoms with E-state index in [1.54, 1.807) is 0 Å². The number of hydrogen-bond donors (Lipinski definition) is 1. The van der Waals surface area contributed by atoms with Crippen molar-refractivity contribution in [3.05, 3.63) is 0 Å². The van der Waals surface area contributed by atoms with Crippen molar-refractivity contribution in [2.75, 3.05) is 32.2 Å². The van der Waals surface area contributed by atoms with Crippen LogP contribution in [0.15, 0.2) is 0 Å². The van der Waals surface area contributed by atoms with Crippen LogP contribution in [-0.2, 0) is 9.47 Å². The lowest BCUT2D eigenvalue weighted by Gasteiger charge is -2.02. The van der Waals surface area contributed by atoms with Crippen LogP contribution in [0.4, 0.5) is 0 Å². The smallest absolute Gasteiger partial charge is 0.0700 e. The maximum Gasteiger partial charge on any atom is 0.0700 e. The van der Waals surface area contributed by atoms with Gasteiger partial charge < -0.3 is 9.47 Å². The van der Waals surface area contributed by atoms with Gasteiger partial charge in [0.05, 0.1) is 19.8 Å². The van der Waals surface area contributed by atoms with Gasteiger partial charge in [0.1, 0.15) is 0 Å². The van der Waals surface area contributed by atoms with Crippen molar-refractivity contribution in [2.24, 2.45) is 0 Å². The van der Waals surface area contributed by atoms with E-state index in [-0.39, 0.29) is 0 Å². The summed E-state index contributed by atoms with van der Waals surface area (Å²) in [5.74, 6) is 0.785. The second-order valence-electron chi connectivity index (χ2n) is 1.95. The van der Waals surface area contributed by atoms with Crippen LogP contribution in [-0.4, -0.2) is 32.2 Å². The fourth-order valence-corrected chi connectivity index (χ4v) is 0.660. The van der Waals surface area contributed by atoms with Gasteiger partial charge in [0, 0.05) is 12.4 Å². The van der Waals surface area contributed by atoms with E-state index in [9.17, 15) is 0 Å². The maximum absolute atomic E-state index is 5.18. The number of ether oxygens (including phenoxy) is 2. The minimum absolute atomic E-state index is 0.695. The first-order chi connectivity index (χ1) is 4.91. The first kappa shape index (κ1) is 10.3. The third kappa shape index (κ3) is 8.27. The van der Waals surface area contributed by atoms with Crippen molar-refractivity contribution >= 4 is 12.6 Å². The largest absolute Gasteiger partial charge is 0.379 e. The van der Waals surface area contributed by atoms with Crippen molar-refractivity contribution < 1.29 is 9.47 Å². The van der Waals surface area contributed by atoms with Crippen LogP contribution >= 0.6 is 12.6 Å². The summed E-state index contributed by atoms with van der Waals surface area (Å²) < 4.78 is 10.3. The van der Waals surface area contributed by atoms with E-state index in [1.807, 2.05) is 0 Å². The van der Waals surface area contributed by atoms with E-state index in [0.717, 1.165) is 25.4 Å².